The van der Waals surface area contributed by atoms with E-state index in [0.717, 1.165) is 49.0 Å². The lowest BCUT2D eigenvalue weighted by molar-refractivity contribution is -0.116. The Balaban J connectivity index is 2.28. The molecule has 1 unspecified atom stereocenters. The minimum atomic E-state index is -0.525. The topological polar surface area (TPSA) is 99.9 Å². The molecule has 37 heavy (non-hydrogen) atoms. The highest BCUT2D eigenvalue weighted by molar-refractivity contribution is 5.97. The van der Waals surface area contributed by atoms with Crippen LogP contribution in [0.1, 0.15) is 93.6 Å². The predicted octanol–water partition coefficient (Wildman–Crippen LogP) is 6.20. The van der Waals surface area contributed by atoms with Gasteiger partial charge >= 0.3 is 0 Å². The first-order valence-electron chi connectivity index (χ1n) is 13.1. The molecule has 0 spiro atoms. The number of nitrogens with two attached hydrogens (primary N) is 1. The molecule has 2 aromatic carbocycles. The molecule has 0 saturated heterocycles. The number of carbonyl (C=O) groups is 2. The van der Waals surface area contributed by atoms with Crippen LogP contribution in [0, 0.1) is 0 Å². The third-order valence-corrected chi connectivity index (χ3v) is 6.38. The summed E-state index contributed by atoms with van der Waals surface area (Å²) in [7, 11) is 3.31. The van der Waals surface area contributed by atoms with Crippen LogP contribution in [0.15, 0.2) is 36.4 Å². The number of benzene rings is 2. The van der Waals surface area contributed by atoms with Gasteiger partial charge in [-0.1, -0.05) is 59.1 Å². The minimum Gasteiger partial charge on any atom is -0.496 e. The highest BCUT2D eigenvalue weighted by Gasteiger charge is 2.24. The Kier molecular flexibility index (Phi) is 11.9. The molecule has 0 aliphatic rings. The zero-order valence-corrected chi connectivity index (χ0v) is 23.3. The molecule has 0 aliphatic heterocycles. The highest BCUT2D eigenvalue weighted by atomic mass is 16.5. The molecule has 7 heteroatoms. The van der Waals surface area contributed by atoms with Crippen LogP contribution in [0.4, 0.5) is 5.69 Å². The summed E-state index contributed by atoms with van der Waals surface area (Å²) in [5, 5.41) is 3.07. The number of methoxy groups -OCH3 is 2. The third-order valence-electron chi connectivity index (χ3n) is 6.38. The maximum Gasteiger partial charge on any atom is 0.248 e. The van der Waals surface area contributed by atoms with Crippen molar-refractivity contribution >= 4 is 17.5 Å². The first-order chi connectivity index (χ1) is 17.6. The van der Waals surface area contributed by atoms with E-state index >= 15 is 0 Å². The number of nitrogens with one attached hydrogen (secondary N) is 1. The van der Waals surface area contributed by atoms with Crippen LogP contribution in [0.25, 0.3) is 0 Å². The standard InChI is InChI=1S/C30H44N2O5/c1-7-8-9-11-21(24-14-13-23(20-27(24)36-6)37-17-10-16-35-5)19-28(33)32-26-18-22(29(31)34)12-15-25(26)30(2,3)4/h12-15,18,20-21H,7-11,16-17,19H2,1-6H3,(H2,31,34)(H,32,33). The van der Waals surface area contributed by atoms with Crippen molar-refractivity contribution in [3.05, 3.63) is 53.1 Å². The Bertz CT molecular complexity index is 1030. The van der Waals surface area contributed by atoms with Crippen molar-refractivity contribution in [2.75, 3.05) is 32.8 Å². The van der Waals surface area contributed by atoms with Gasteiger partial charge in [0.2, 0.25) is 11.8 Å². The average Bonchev–Trinajstić information content (AvgIpc) is 2.85. The van der Waals surface area contributed by atoms with Crippen LogP contribution >= 0.6 is 0 Å². The van der Waals surface area contributed by atoms with Crippen LogP contribution < -0.4 is 20.5 Å². The zero-order valence-electron chi connectivity index (χ0n) is 23.3. The molecule has 0 aliphatic carbocycles. The number of ether oxygens (including phenoxy) is 3. The Morgan fingerprint density at radius 1 is 1.00 bits per heavy atom. The lowest BCUT2D eigenvalue weighted by Crippen LogP contribution is -2.22. The molecule has 2 amide bonds. The fourth-order valence-corrected chi connectivity index (χ4v) is 4.40. The maximum absolute atomic E-state index is 13.4. The van der Waals surface area contributed by atoms with E-state index in [9.17, 15) is 9.59 Å². The lowest BCUT2D eigenvalue weighted by atomic mass is 9.84. The Morgan fingerprint density at radius 2 is 1.76 bits per heavy atom. The molecule has 0 saturated carbocycles. The molecule has 0 radical (unpaired) electrons. The summed E-state index contributed by atoms with van der Waals surface area (Å²) in [4.78, 5) is 25.1. The summed E-state index contributed by atoms with van der Waals surface area (Å²) >= 11 is 0. The van der Waals surface area contributed by atoms with Crippen molar-refractivity contribution in [2.45, 2.75) is 77.6 Å². The second-order valence-electron chi connectivity index (χ2n) is 10.4. The summed E-state index contributed by atoms with van der Waals surface area (Å²) in [5.74, 6) is 0.774. The van der Waals surface area contributed by atoms with Crippen LogP contribution in [0.2, 0.25) is 0 Å². The van der Waals surface area contributed by atoms with Gasteiger partial charge in [-0.05, 0) is 47.1 Å². The van der Waals surface area contributed by atoms with E-state index < -0.39 is 5.91 Å². The number of unbranched alkanes of at least 4 members (excludes halogenated alkanes) is 2. The molecule has 0 aromatic heterocycles. The van der Waals surface area contributed by atoms with Gasteiger partial charge in [0, 0.05) is 43.9 Å². The van der Waals surface area contributed by atoms with E-state index in [2.05, 4.69) is 33.0 Å². The van der Waals surface area contributed by atoms with E-state index in [-0.39, 0.29) is 17.2 Å². The van der Waals surface area contributed by atoms with Crippen LogP contribution in [-0.4, -0.2) is 39.2 Å². The monoisotopic (exact) mass is 512 g/mol. The number of hydrogen-bond acceptors (Lipinski definition) is 5. The SMILES string of the molecule is CCCCCC(CC(=O)Nc1cc(C(N)=O)ccc1C(C)(C)C)c1ccc(OCCCOC)cc1OC. The zero-order chi connectivity index (χ0) is 27.4. The van der Waals surface area contributed by atoms with Gasteiger partial charge in [0.05, 0.1) is 13.7 Å². The Morgan fingerprint density at radius 3 is 2.38 bits per heavy atom. The molecular weight excluding hydrogens is 468 g/mol. The van der Waals surface area contributed by atoms with Gasteiger partial charge in [0.1, 0.15) is 11.5 Å². The maximum atomic E-state index is 13.4. The number of amides is 2. The van der Waals surface area contributed by atoms with Gasteiger partial charge in [-0.15, -0.1) is 0 Å². The van der Waals surface area contributed by atoms with Crippen molar-refractivity contribution in [2.24, 2.45) is 5.73 Å². The largest absolute Gasteiger partial charge is 0.496 e. The molecule has 2 aromatic rings. The second kappa shape index (κ2) is 14.6. The lowest BCUT2D eigenvalue weighted by Gasteiger charge is -2.25. The van der Waals surface area contributed by atoms with Crippen LogP contribution in [-0.2, 0) is 14.9 Å². The number of carbonyl (C=O) groups excluding carboxylic acids is 2. The molecule has 0 fully saturated rings. The summed E-state index contributed by atoms with van der Waals surface area (Å²) in [6.45, 7) is 9.57. The summed E-state index contributed by atoms with van der Waals surface area (Å²) in [6, 6.07) is 11.1. The number of primary amides is 1. The van der Waals surface area contributed by atoms with Crippen molar-refractivity contribution in [3.8, 4) is 11.5 Å². The first-order valence-corrected chi connectivity index (χ1v) is 13.1. The Labute approximate surface area is 222 Å². The Hall–Kier alpha value is -3.06. The fourth-order valence-electron chi connectivity index (χ4n) is 4.40. The fraction of sp³-hybridized carbons (Fsp3) is 0.533. The highest BCUT2D eigenvalue weighted by Crippen LogP contribution is 2.37. The summed E-state index contributed by atoms with van der Waals surface area (Å²) in [5.41, 5.74) is 8.20. The van der Waals surface area contributed by atoms with E-state index in [1.165, 1.54) is 0 Å². The minimum absolute atomic E-state index is 0.0264. The van der Waals surface area contributed by atoms with E-state index in [1.54, 1.807) is 26.4 Å². The van der Waals surface area contributed by atoms with Crippen LogP contribution in [0.3, 0.4) is 0 Å². The average molecular weight is 513 g/mol. The molecular formula is C30H44N2O5. The number of rotatable bonds is 15. The van der Waals surface area contributed by atoms with Gasteiger partial charge in [0.15, 0.2) is 0 Å². The summed E-state index contributed by atoms with van der Waals surface area (Å²) in [6.07, 6.45) is 5.15. The van der Waals surface area contributed by atoms with E-state index in [1.807, 2.05) is 24.3 Å². The third kappa shape index (κ3) is 9.39. The molecule has 0 bridgehead atoms. The predicted molar refractivity (Wildman–Crippen MR) is 149 cm³/mol. The first kappa shape index (κ1) is 30.2. The van der Waals surface area contributed by atoms with Gasteiger partial charge in [-0.3, -0.25) is 9.59 Å². The van der Waals surface area contributed by atoms with Crippen molar-refractivity contribution in [1.29, 1.82) is 0 Å². The van der Waals surface area contributed by atoms with Gasteiger partial charge in [-0.25, -0.2) is 0 Å². The number of anilines is 1. The number of hydrogen-bond donors (Lipinski definition) is 2. The molecule has 1 atom stereocenters. The molecule has 2 rings (SSSR count). The summed E-state index contributed by atoms with van der Waals surface area (Å²) < 4.78 is 16.6. The molecule has 3 N–H and O–H groups in total. The second-order valence-corrected chi connectivity index (χ2v) is 10.4. The van der Waals surface area contributed by atoms with E-state index in [4.69, 9.17) is 19.9 Å². The molecule has 0 heterocycles. The normalized spacial score (nSPS) is 12.2. The quantitative estimate of drug-likeness (QED) is 0.277. The van der Waals surface area contributed by atoms with E-state index in [0.29, 0.717) is 36.6 Å². The van der Waals surface area contributed by atoms with Crippen molar-refractivity contribution in [3.63, 3.8) is 0 Å². The van der Waals surface area contributed by atoms with Crippen molar-refractivity contribution in [1.82, 2.24) is 0 Å². The van der Waals surface area contributed by atoms with Gasteiger partial charge in [-0.2, -0.15) is 0 Å². The molecule has 7 nitrogen and oxygen atoms in total. The van der Waals surface area contributed by atoms with Gasteiger partial charge in [0.25, 0.3) is 0 Å². The smallest absolute Gasteiger partial charge is 0.248 e. The van der Waals surface area contributed by atoms with Gasteiger partial charge < -0.3 is 25.3 Å². The molecule has 204 valence electrons. The van der Waals surface area contributed by atoms with Crippen molar-refractivity contribution < 1.29 is 23.8 Å². The van der Waals surface area contributed by atoms with Crippen LogP contribution in [0.5, 0.6) is 11.5 Å².